The molecule has 0 atom stereocenters. The van der Waals surface area contributed by atoms with Crippen LogP contribution in [-0.4, -0.2) is 14.9 Å². The number of hydrogen-bond acceptors (Lipinski definition) is 2. The number of rotatable bonds is 2. The predicted octanol–water partition coefficient (Wildman–Crippen LogP) is 2.08. The highest BCUT2D eigenvalue weighted by Crippen LogP contribution is 2.17. The van der Waals surface area contributed by atoms with Gasteiger partial charge >= 0.3 is 0 Å². The van der Waals surface area contributed by atoms with Crippen LogP contribution in [0.25, 0.3) is 10.9 Å². The summed E-state index contributed by atoms with van der Waals surface area (Å²) in [5, 5.41) is 12.7. The Morgan fingerprint density at radius 2 is 1.89 bits per heavy atom. The predicted molar refractivity (Wildman–Crippen MR) is 69.8 cm³/mol. The minimum atomic E-state index is -0.183. The molecule has 0 saturated carbocycles. The number of phenols is 1. The van der Waals surface area contributed by atoms with Crippen LogP contribution in [0.15, 0.2) is 53.3 Å². The summed E-state index contributed by atoms with van der Waals surface area (Å²) in [7, 11) is 0. The number of benzene rings is 2. The third kappa shape index (κ3) is 1.78. The van der Waals surface area contributed by atoms with E-state index in [1.54, 1.807) is 16.8 Å². The van der Waals surface area contributed by atoms with Crippen molar-refractivity contribution in [1.82, 2.24) is 9.78 Å². The second-order valence-corrected chi connectivity index (χ2v) is 4.21. The van der Waals surface area contributed by atoms with Crippen molar-refractivity contribution < 1.29 is 5.11 Å². The molecule has 4 heteroatoms. The number of aromatic nitrogens is 2. The molecule has 0 amide bonds. The minimum Gasteiger partial charge on any atom is -0.508 e. The highest BCUT2D eigenvalue weighted by Gasteiger charge is 2.07. The lowest BCUT2D eigenvalue weighted by atomic mass is 10.2. The second kappa shape index (κ2) is 4.07. The van der Waals surface area contributed by atoms with Gasteiger partial charge in [0, 0.05) is 0 Å². The Labute approximate surface area is 103 Å². The Balaban J connectivity index is 2.11. The molecule has 0 aliphatic carbocycles. The maximum Gasteiger partial charge on any atom is 0.272 e. The van der Waals surface area contributed by atoms with Crippen molar-refractivity contribution >= 4 is 10.9 Å². The summed E-state index contributed by atoms with van der Waals surface area (Å²) < 4.78 is 1.78. The number of aromatic amines is 1. The molecule has 2 N–H and O–H groups in total. The van der Waals surface area contributed by atoms with Crippen molar-refractivity contribution in [2.45, 2.75) is 6.54 Å². The highest BCUT2D eigenvalue weighted by atomic mass is 16.3. The number of hydrogen-bond donors (Lipinski definition) is 2. The van der Waals surface area contributed by atoms with Crippen molar-refractivity contribution in [2.24, 2.45) is 0 Å². The van der Waals surface area contributed by atoms with Gasteiger partial charge in [-0.3, -0.25) is 14.6 Å². The lowest BCUT2D eigenvalue weighted by molar-refractivity contribution is 0.476. The lowest BCUT2D eigenvalue weighted by Crippen LogP contribution is -2.06. The fourth-order valence-electron chi connectivity index (χ4n) is 2.07. The maximum absolute atomic E-state index is 11.8. The van der Waals surface area contributed by atoms with E-state index < -0.39 is 0 Å². The molecule has 0 saturated heterocycles. The quantitative estimate of drug-likeness (QED) is 0.720. The first-order valence-corrected chi connectivity index (χ1v) is 5.69. The van der Waals surface area contributed by atoms with E-state index in [1.807, 2.05) is 30.3 Å². The zero-order chi connectivity index (χ0) is 12.5. The Hall–Kier alpha value is -2.49. The van der Waals surface area contributed by atoms with Crippen LogP contribution >= 0.6 is 0 Å². The van der Waals surface area contributed by atoms with Gasteiger partial charge in [0.25, 0.3) is 5.56 Å². The first-order valence-electron chi connectivity index (χ1n) is 5.69. The molecule has 0 bridgehead atoms. The number of nitrogens with one attached hydrogen (secondary N) is 1. The van der Waals surface area contributed by atoms with Crippen LogP contribution in [-0.2, 0) is 6.54 Å². The number of aromatic hydroxyl groups is 1. The first-order chi connectivity index (χ1) is 8.74. The summed E-state index contributed by atoms with van der Waals surface area (Å²) in [6.45, 7) is 0.602. The van der Waals surface area contributed by atoms with E-state index in [0.717, 1.165) is 11.1 Å². The average molecular weight is 240 g/mol. The number of phenolic OH excluding ortho intramolecular Hbond substituents is 1. The van der Waals surface area contributed by atoms with Gasteiger partial charge < -0.3 is 5.11 Å². The normalized spacial score (nSPS) is 10.9. The molecule has 3 aromatic rings. The van der Waals surface area contributed by atoms with Gasteiger partial charge in [-0.1, -0.05) is 30.3 Å². The summed E-state index contributed by atoms with van der Waals surface area (Å²) in [5.74, 6) is 0.102. The molecular weight excluding hydrogens is 228 g/mol. The molecule has 0 fully saturated rings. The van der Waals surface area contributed by atoms with E-state index in [2.05, 4.69) is 5.10 Å². The zero-order valence-corrected chi connectivity index (χ0v) is 9.63. The Bertz CT molecular complexity index is 741. The van der Waals surface area contributed by atoms with E-state index >= 15 is 0 Å². The van der Waals surface area contributed by atoms with E-state index in [-0.39, 0.29) is 11.3 Å². The molecule has 1 aromatic heterocycles. The van der Waals surface area contributed by atoms with Gasteiger partial charge in [-0.2, -0.15) is 0 Å². The molecule has 3 rings (SSSR count). The maximum atomic E-state index is 11.8. The van der Waals surface area contributed by atoms with Gasteiger partial charge in [0.05, 0.1) is 17.4 Å². The third-order valence-corrected chi connectivity index (χ3v) is 2.94. The molecule has 0 radical (unpaired) electrons. The van der Waals surface area contributed by atoms with E-state index in [4.69, 9.17) is 0 Å². The SMILES string of the molecule is O=c1[nH]n(Cc2ccccc2)c2ccc(O)cc12. The Morgan fingerprint density at radius 3 is 2.67 bits per heavy atom. The minimum absolute atomic E-state index is 0.102. The van der Waals surface area contributed by atoms with Gasteiger partial charge in [-0.15, -0.1) is 0 Å². The first kappa shape index (κ1) is 10.7. The van der Waals surface area contributed by atoms with Crippen LogP contribution in [0.4, 0.5) is 0 Å². The molecule has 4 nitrogen and oxygen atoms in total. The highest BCUT2D eigenvalue weighted by molar-refractivity contribution is 5.80. The Morgan fingerprint density at radius 1 is 1.11 bits per heavy atom. The van der Waals surface area contributed by atoms with Crippen LogP contribution in [0.3, 0.4) is 0 Å². The van der Waals surface area contributed by atoms with Crippen LogP contribution in [0.1, 0.15) is 5.56 Å². The van der Waals surface area contributed by atoms with Crippen molar-refractivity contribution in [3.63, 3.8) is 0 Å². The van der Waals surface area contributed by atoms with Crippen LogP contribution in [0.5, 0.6) is 5.75 Å². The molecule has 0 spiro atoms. The second-order valence-electron chi connectivity index (χ2n) is 4.21. The Kier molecular flexibility index (Phi) is 2.41. The van der Waals surface area contributed by atoms with Crippen molar-refractivity contribution in [1.29, 1.82) is 0 Å². The van der Waals surface area contributed by atoms with Gasteiger partial charge in [0.2, 0.25) is 0 Å². The monoisotopic (exact) mass is 240 g/mol. The molecule has 0 unspecified atom stereocenters. The summed E-state index contributed by atoms with van der Waals surface area (Å²) in [6, 6.07) is 14.7. The van der Waals surface area contributed by atoms with E-state index in [9.17, 15) is 9.90 Å². The molecule has 90 valence electrons. The van der Waals surface area contributed by atoms with Gasteiger partial charge in [0.1, 0.15) is 5.75 Å². The van der Waals surface area contributed by atoms with Gasteiger partial charge in [-0.05, 0) is 23.8 Å². The summed E-state index contributed by atoms with van der Waals surface area (Å²) in [6.07, 6.45) is 0. The molecule has 0 aliphatic heterocycles. The summed E-state index contributed by atoms with van der Waals surface area (Å²) >= 11 is 0. The van der Waals surface area contributed by atoms with Gasteiger partial charge in [-0.25, -0.2) is 0 Å². The summed E-state index contributed by atoms with van der Waals surface area (Å²) in [5.41, 5.74) is 1.72. The average Bonchev–Trinajstić information content (AvgIpc) is 2.67. The van der Waals surface area contributed by atoms with Crippen LogP contribution in [0, 0.1) is 0 Å². The zero-order valence-electron chi connectivity index (χ0n) is 9.63. The topological polar surface area (TPSA) is 58.0 Å². The number of nitrogens with zero attached hydrogens (tertiary/aromatic N) is 1. The number of H-pyrrole nitrogens is 1. The van der Waals surface area contributed by atoms with Crippen molar-refractivity contribution in [3.8, 4) is 5.75 Å². The molecule has 1 heterocycles. The smallest absolute Gasteiger partial charge is 0.272 e. The molecule has 18 heavy (non-hydrogen) atoms. The van der Waals surface area contributed by atoms with Crippen molar-refractivity contribution in [3.05, 3.63) is 64.4 Å². The fourth-order valence-corrected chi connectivity index (χ4v) is 2.07. The third-order valence-electron chi connectivity index (χ3n) is 2.94. The van der Waals surface area contributed by atoms with E-state index in [1.165, 1.54) is 6.07 Å². The van der Waals surface area contributed by atoms with Crippen LogP contribution in [0.2, 0.25) is 0 Å². The lowest BCUT2D eigenvalue weighted by Gasteiger charge is -2.04. The van der Waals surface area contributed by atoms with Crippen molar-refractivity contribution in [2.75, 3.05) is 0 Å². The number of fused-ring (bicyclic) bond motifs is 1. The molecular formula is C14H12N2O2. The van der Waals surface area contributed by atoms with E-state index in [0.29, 0.717) is 11.9 Å². The van der Waals surface area contributed by atoms with Gasteiger partial charge in [0.15, 0.2) is 0 Å². The standard InChI is InChI=1S/C14H12N2O2/c17-11-6-7-13-12(8-11)14(18)15-16(13)9-10-4-2-1-3-5-10/h1-8,17H,9H2,(H,15,18). The molecule has 0 aliphatic rings. The summed E-state index contributed by atoms with van der Waals surface area (Å²) in [4.78, 5) is 11.8. The fraction of sp³-hybridized carbons (Fsp3) is 0.0714. The molecule has 2 aromatic carbocycles. The van der Waals surface area contributed by atoms with Crippen LogP contribution < -0.4 is 5.56 Å². The largest absolute Gasteiger partial charge is 0.508 e.